The molecule has 0 bridgehead atoms. The van der Waals surface area contributed by atoms with E-state index in [2.05, 4.69) is 5.43 Å². The molecule has 7 heteroatoms. The first kappa shape index (κ1) is 15.7. The summed E-state index contributed by atoms with van der Waals surface area (Å²) in [7, 11) is 0. The van der Waals surface area contributed by atoms with Gasteiger partial charge in [0.1, 0.15) is 5.60 Å². The van der Waals surface area contributed by atoms with Crippen LogP contribution in [0.25, 0.3) is 0 Å². The van der Waals surface area contributed by atoms with Crippen molar-refractivity contribution < 1.29 is 14.6 Å². The lowest BCUT2D eigenvalue weighted by molar-refractivity contribution is 0.0609. The number of benzene rings is 1. The summed E-state index contributed by atoms with van der Waals surface area (Å²) in [4.78, 5) is 23.9. The maximum absolute atomic E-state index is 12.2. The van der Waals surface area contributed by atoms with Crippen molar-refractivity contribution in [3.63, 3.8) is 0 Å². The van der Waals surface area contributed by atoms with Crippen molar-refractivity contribution in [1.82, 2.24) is 9.24 Å². The fraction of sp³-hybridized carbons (Fsp3) is 0.333. The number of nitrogens with zero attached hydrogens (tertiary/aromatic N) is 2. The van der Waals surface area contributed by atoms with E-state index < -0.39 is 17.4 Å². The number of carbonyl (C=O) groups excluding carboxylic acids is 1. The van der Waals surface area contributed by atoms with Gasteiger partial charge in [0.25, 0.3) is 0 Å². The Morgan fingerprint density at radius 3 is 2.50 bits per heavy atom. The molecule has 0 radical (unpaired) electrons. The topological polar surface area (TPSA) is 85.5 Å². The van der Waals surface area contributed by atoms with E-state index in [-0.39, 0.29) is 12.4 Å². The second-order valence-corrected chi connectivity index (χ2v) is 5.83. The molecule has 0 unspecified atom stereocenters. The van der Waals surface area contributed by atoms with Crippen LogP contribution >= 0.6 is 0 Å². The van der Waals surface area contributed by atoms with Crippen molar-refractivity contribution in [3.05, 3.63) is 52.6 Å². The van der Waals surface area contributed by atoms with Crippen LogP contribution < -0.4 is 11.1 Å². The maximum Gasteiger partial charge on any atom is 0.427 e. The molecule has 7 nitrogen and oxygen atoms in total. The molecule has 0 saturated heterocycles. The van der Waals surface area contributed by atoms with Gasteiger partial charge >= 0.3 is 11.8 Å². The number of ether oxygens (including phenoxy) is 1. The van der Waals surface area contributed by atoms with Gasteiger partial charge in [-0.25, -0.2) is 15.0 Å². The minimum atomic E-state index is -0.817. The first-order chi connectivity index (χ1) is 10.3. The van der Waals surface area contributed by atoms with Crippen LogP contribution in [0.1, 0.15) is 26.3 Å². The van der Waals surface area contributed by atoms with Crippen molar-refractivity contribution in [2.75, 3.05) is 5.43 Å². The van der Waals surface area contributed by atoms with E-state index in [1.165, 1.54) is 10.8 Å². The number of amides is 1. The third kappa shape index (κ3) is 3.91. The van der Waals surface area contributed by atoms with Gasteiger partial charge < -0.3 is 9.84 Å². The van der Waals surface area contributed by atoms with Crippen LogP contribution in [0.15, 0.2) is 41.3 Å². The van der Waals surface area contributed by atoms with Gasteiger partial charge in [-0.3, -0.25) is 4.57 Å². The minimum Gasteiger partial charge on any atom is -0.492 e. The van der Waals surface area contributed by atoms with Gasteiger partial charge in [0.15, 0.2) is 0 Å². The standard InChI is InChI=1S/C15H19N3O4/c1-15(2,3)22-13(20)16-18-12(19)10-17(14(18)21)9-11-7-5-4-6-8-11/h4-8,10,19H,9H2,1-3H3,(H,16,20). The van der Waals surface area contributed by atoms with Crippen molar-refractivity contribution in [2.24, 2.45) is 0 Å². The molecule has 2 N–H and O–H groups in total. The van der Waals surface area contributed by atoms with E-state index in [1.807, 2.05) is 30.3 Å². The Hall–Kier alpha value is -2.70. The van der Waals surface area contributed by atoms with Gasteiger partial charge in [-0.2, -0.15) is 4.68 Å². The van der Waals surface area contributed by atoms with E-state index in [4.69, 9.17) is 4.74 Å². The smallest absolute Gasteiger partial charge is 0.427 e. The van der Waals surface area contributed by atoms with Crippen molar-refractivity contribution >= 4 is 6.09 Å². The molecule has 0 saturated carbocycles. The van der Waals surface area contributed by atoms with Crippen molar-refractivity contribution in [3.8, 4) is 5.88 Å². The summed E-state index contributed by atoms with van der Waals surface area (Å²) < 4.78 is 7.09. The zero-order valence-electron chi connectivity index (χ0n) is 12.7. The number of rotatable bonds is 3. The molecular formula is C15H19N3O4. The number of aromatic hydroxyl groups is 1. The molecule has 2 rings (SSSR count). The Morgan fingerprint density at radius 2 is 1.91 bits per heavy atom. The molecule has 0 aliphatic rings. The minimum absolute atomic E-state index is 0.288. The van der Waals surface area contributed by atoms with Crippen LogP contribution in [0.4, 0.5) is 4.79 Å². The Bertz CT molecular complexity index is 711. The summed E-state index contributed by atoms with van der Waals surface area (Å²) in [5, 5.41) is 9.81. The second-order valence-electron chi connectivity index (χ2n) is 5.83. The molecule has 0 aliphatic heterocycles. The first-order valence-corrected chi connectivity index (χ1v) is 6.81. The molecule has 1 amide bonds. The predicted molar refractivity (Wildman–Crippen MR) is 81.5 cm³/mol. The lowest BCUT2D eigenvalue weighted by atomic mass is 10.2. The van der Waals surface area contributed by atoms with Gasteiger partial charge in [-0.05, 0) is 26.3 Å². The normalized spacial score (nSPS) is 11.2. The summed E-state index contributed by atoms with van der Waals surface area (Å²) in [5.74, 6) is -0.369. The zero-order chi connectivity index (χ0) is 16.3. The fourth-order valence-electron chi connectivity index (χ4n) is 1.87. The SMILES string of the molecule is CC(C)(C)OC(=O)Nn1c(O)cn(Cc2ccccc2)c1=O. The van der Waals surface area contributed by atoms with Gasteiger partial charge in [0.05, 0.1) is 12.7 Å². The lowest BCUT2D eigenvalue weighted by Crippen LogP contribution is -2.37. The molecule has 0 fully saturated rings. The van der Waals surface area contributed by atoms with E-state index in [1.54, 1.807) is 20.8 Å². The Balaban J connectivity index is 2.17. The zero-order valence-corrected chi connectivity index (χ0v) is 12.7. The number of hydrogen-bond donors (Lipinski definition) is 2. The summed E-state index contributed by atoms with van der Waals surface area (Å²) in [6.45, 7) is 5.40. The largest absolute Gasteiger partial charge is 0.492 e. The summed E-state index contributed by atoms with van der Waals surface area (Å²) in [5.41, 5.74) is 1.85. The highest BCUT2D eigenvalue weighted by Crippen LogP contribution is 2.09. The van der Waals surface area contributed by atoms with Crippen molar-refractivity contribution in [1.29, 1.82) is 0 Å². The highest BCUT2D eigenvalue weighted by Gasteiger charge is 2.19. The average Bonchev–Trinajstić information content (AvgIpc) is 2.66. The average molecular weight is 305 g/mol. The molecule has 0 atom stereocenters. The third-order valence-electron chi connectivity index (χ3n) is 2.74. The molecule has 1 heterocycles. The Kier molecular flexibility index (Phi) is 4.25. The van der Waals surface area contributed by atoms with Crippen LogP contribution in [0.2, 0.25) is 0 Å². The molecule has 1 aromatic carbocycles. The number of nitrogens with one attached hydrogen (secondary N) is 1. The van der Waals surface area contributed by atoms with Gasteiger partial charge in [0, 0.05) is 0 Å². The van der Waals surface area contributed by atoms with E-state index in [0.29, 0.717) is 0 Å². The van der Waals surface area contributed by atoms with E-state index >= 15 is 0 Å². The van der Waals surface area contributed by atoms with Crippen LogP contribution in [0.5, 0.6) is 5.88 Å². The number of imidazole rings is 1. The number of aromatic nitrogens is 2. The van der Waals surface area contributed by atoms with Gasteiger partial charge in [0.2, 0.25) is 5.88 Å². The number of carbonyl (C=O) groups is 1. The molecule has 118 valence electrons. The highest BCUT2D eigenvalue weighted by molar-refractivity contribution is 5.76. The van der Waals surface area contributed by atoms with Crippen LogP contribution in [0, 0.1) is 0 Å². The molecule has 1 aromatic heterocycles. The van der Waals surface area contributed by atoms with E-state index in [0.717, 1.165) is 10.2 Å². The predicted octanol–water partition coefficient (Wildman–Crippen LogP) is 1.88. The third-order valence-corrected chi connectivity index (χ3v) is 2.74. The van der Waals surface area contributed by atoms with Gasteiger partial charge in [-0.15, -0.1) is 0 Å². The molecule has 0 spiro atoms. The molecule has 22 heavy (non-hydrogen) atoms. The highest BCUT2D eigenvalue weighted by atomic mass is 16.6. The Labute approximate surface area is 127 Å². The first-order valence-electron chi connectivity index (χ1n) is 6.81. The van der Waals surface area contributed by atoms with Crippen LogP contribution in [-0.4, -0.2) is 26.0 Å². The van der Waals surface area contributed by atoms with Crippen LogP contribution in [-0.2, 0) is 11.3 Å². The van der Waals surface area contributed by atoms with Crippen molar-refractivity contribution in [2.45, 2.75) is 32.9 Å². The molecule has 0 aliphatic carbocycles. The monoisotopic (exact) mass is 305 g/mol. The number of hydrogen-bond acceptors (Lipinski definition) is 4. The maximum atomic E-state index is 12.2. The fourth-order valence-corrected chi connectivity index (χ4v) is 1.87. The van der Waals surface area contributed by atoms with Gasteiger partial charge in [-0.1, -0.05) is 30.3 Å². The molecule has 2 aromatic rings. The molecular weight excluding hydrogens is 286 g/mol. The summed E-state index contributed by atoms with van der Waals surface area (Å²) >= 11 is 0. The lowest BCUT2D eigenvalue weighted by Gasteiger charge is -2.19. The van der Waals surface area contributed by atoms with Crippen LogP contribution in [0.3, 0.4) is 0 Å². The second kappa shape index (κ2) is 5.97. The summed E-state index contributed by atoms with van der Waals surface area (Å²) in [6, 6.07) is 9.32. The summed E-state index contributed by atoms with van der Waals surface area (Å²) in [6.07, 6.45) is 0.439. The van der Waals surface area contributed by atoms with E-state index in [9.17, 15) is 14.7 Å². The quantitative estimate of drug-likeness (QED) is 0.906. The Morgan fingerprint density at radius 1 is 1.27 bits per heavy atom.